The molecule has 0 spiro atoms. The molecule has 0 bridgehead atoms. The summed E-state index contributed by atoms with van der Waals surface area (Å²) in [5, 5.41) is 0. The van der Waals surface area contributed by atoms with Crippen LogP contribution in [0.15, 0.2) is 12.7 Å². The Morgan fingerprint density at radius 3 is 2.00 bits per heavy atom. The molecule has 0 saturated carbocycles. The molecule has 1 atom stereocenters. The van der Waals surface area contributed by atoms with Gasteiger partial charge in [-0.3, -0.25) is 4.21 Å². The van der Waals surface area contributed by atoms with Crippen molar-refractivity contribution in [2.24, 2.45) is 0 Å². The van der Waals surface area contributed by atoms with Crippen LogP contribution in [0, 0.1) is 0 Å². The van der Waals surface area contributed by atoms with E-state index < -0.39 is 20.9 Å². The minimum atomic E-state index is -2.67. The molecule has 0 fully saturated rings. The van der Waals surface area contributed by atoms with Gasteiger partial charge in [0.25, 0.3) is 0 Å². The summed E-state index contributed by atoms with van der Waals surface area (Å²) < 4.78 is 40.3. The Kier molecular flexibility index (Phi) is 10.9. The van der Waals surface area contributed by atoms with E-state index in [0.29, 0.717) is 5.75 Å². The van der Waals surface area contributed by atoms with E-state index in [4.69, 9.17) is 0 Å². The monoisotopic (exact) mass is 241 g/mol. The molecule has 0 N–H and O–H groups in total. The van der Waals surface area contributed by atoms with Crippen LogP contribution in [0.5, 0.6) is 0 Å². The van der Waals surface area contributed by atoms with E-state index in [1.807, 2.05) is 6.92 Å². The van der Waals surface area contributed by atoms with Gasteiger partial charge in [0.1, 0.15) is 9.84 Å². The molecule has 0 aromatic carbocycles. The molecular weight excluding hydrogens is 224 g/mol. The maximum Gasteiger partial charge on any atom is 0.150 e. The molecular formula is C8H17O4S2-. The molecule has 86 valence electrons. The first-order chi connectivity index (χ1) is 6.39. The molecule has 0 aliphatic rings. The van der Waals surface area contributed by atoms with Gasteiger partial charge in [-0.2, -0.15) is 0 Å². The predicted molar refractivity (Wildman–Crippen MR) is 58.6 cm³/mol. The van der Waals surface area contributed by atoms with Crippen molar-refractivity contribution in [3.63, 3.8) is 0 Å². The van der Waals surface area contributed by atoms with Gasteiger partial charge in [0.2, 0.25) is 0 Å². The molecule has 0 heterocycles. The van der Waals surface area contributed by atoms with E-state index in [0.717, 1.165) is 6.42 Å². The van der Waals surface area contributed by atoms with E-state index in [-0.39, 0.29) is 11.5 Å². The third kappa shape index (κ3) is 14.3. The van der Waals surface area contributed by atoms with Crippen molar-refractivity contribution in [1.29, 1.82) is 0 Å². The van der Waals surface area contributed by atoms with Crippen molar-refractivity contribution in [3.8, 4) is 0 Å². The van der Waals surface area contributed by atoms with Crippen LogP contribution >= 0.6 is 0 Å². The van der Waals surface area contributed by atoms with Crippen molar-refractivity contribution >= 4 is 20.9 Å². The zero-order chi connectivity index (χ0) is 11.6. The Morgan fingerprint density at radius 2 is 1.93 bits per heavy atom. The Bertz CT molecular complexity index is 257. The third-order valence-electron chi connectivity index (χ3n) is 1.21. The van der Waals surface area contributed by atoms with Crippen molar-refractivity contribution in [2.45, 2.75) is 20.3 Å². The molecule has 1 unspecified atom stereocenters. The number of hydrogen-bond donors (Lipinski definition) is 0. The Balaban J connectivity index is 0. The molecule has 14 heavy (non-hydrogen) atoms. The second kappa shape index (κ2) is 9.36. The van der Waals surface area contributed by atoms with Crippen LogP contribution in [0.1, 0.15) is 20.3 Å². The number of rotatable bonds is 5. The van der Waals surface area contributed by atoms with Gasteiger partial charge >= 0.3 is 0 Å². The smallest absolute Gasteiger partial charge is 0.150 e. The summed E-state index contributed by atoms with van der Waals surface area (Å²) in [6, 6.07) is 0. The summed E-state index contributed by atoms with van der Waals surface area (Å²) >= 11 is -1.93. The quantitative estimate of drug-likeness (QED) is 0.529. The number of sulfone groups is 1. The minimum absolute atomic E-state index is 0.0556. The zero-order valence-corrected chi connectivity index (χ0v) is 10.2. The van der Waals surface area contributed by atoms with Gasteiger partial charge in [-0.25, -0.2) is 8.42 Å². The highest BCUT2D eigenvalue weighted by Crippen LogP contribution is 1.90. The summed E-state index contributed by atoms with van der Waals surface area (Å²) in [5.74, 6) is 0.671. The highest BCUT2D eigenvalue weighted by molar-refractivity contribution is 7.91. The molecule has 0 radical (unpaired) electrons. The summed E-state index contributed by atoms with van der Waals surface area (Å²) in [4.78, 5) is 0. The Labute approximate surface area is 88.6 Å². The summed E-state index contributed by atoms with van der Waals surface area (Å²) in [6.07, 6.45) is 2.07. The lowest BCUT2D eigenvalue weighted by Crippen LogP contribution is -2.06. The van der Waals surface area contributed by atoms with Gasteiger partial charge in [0.05, 0.1) is 0 Å². The van der Waals surface area contributed by atoms with Gasteiger partial charge in [0.15, 0.2) is 0 Å². The standard InChI is InChI=1S/C5H12O2S.C3H6O2S/c1-3-5-8(6,7)4-2;1-2-3-6(4)5/h3-5H2,1-2H3;2H,1,3H2,(H,4,5)/p-1. The first kappa shape index (κ1) is 16.2. The van der Waals surface area contributed by atoms with E-state index >= 15 is 0 Å². The van der Waals surface area contributed by atoms with Gasteiger partial charge in [-0.1, -0.05) is 31.0 Å². The fourth-order valence-corrected chi connectivity index (χ4v) is 1.65. The first-order valence-corrected chi connectivity index (χ1v) is 7.33. The van der Waals surface area contributed by atoms with Gasteiger partial charge in [-0.15, -0.1) is 6.58 Å². The highest BCUT2D eigenvalue weighted by atomic mass is 32.2. The predicted octanol–water partition coefficient (Wildman–Crippen LogP) is 0.883. The van der Waals surface area contributed by atoms with Crippen LogP contribution in [0.4, 0.5) is 0 Å². The lowest BCUT2D eigenvalue weighted by Gasteiger charge is -1.94. The van der Waals surface area contributed by atoms with Gasteiger partial charge in [-0.05, 0) is 6.42 Å². The maximum atomic E-state index is 10.6. The fraction of sp³-hybridized carbons (Fsp3) is 0.750. The fourth-order valence-electron chi connectivity index (χ4n) is 0.552. The molecule has 4 nitrogen and oxygen atoms in total. The van der Waals surface area contributed by atoms with Crippen LogP contribution in [0.25, 0.3) is 0 Å². The normalized spacial score (nSPS) is 12.5. The molecule has 0 aromatic rings. The first-order valence-electron chi connectivity index (χ1n) is 4.26. The average molecular weight is 241 g/mol. The third-order valence-corrected chi connectivity index (χ3v) is 3.63. The molecule has 0 amide bonds. The van der Waals surface area contributed by atoms with Crippen molar-refractivity contribution in [2.75, 3.05) is 17.3 Å². The van der Waals surface area contributed by atoms with Gasteiger partial charge in [0, 0.05) is 17.3 Å². The summed E-state index contributed by atoms with van der Waals surface area (Å²) in [7, 11) is -2.67. The van der Waals surface area contributed by atoms with Crippen molar-refractivity contribution < 1.29 is 17.2 Å². The Morgan fingerprint density at radius 1 is 1.43 bits per heavy atom. The van der Waals surface area contributed by atoms with Crippen LogP contribution < -0.4 is 0 Å². The molecule has 0 saturated heterocycles. The molecule has 0 aliphatic carbocycles. The van der Waals surface area contributed by atoms with E-state index in [2.05, 4.69) is 6.58 Å². The topological polar surface area (TPSA) is 74.3 Å². The van der Waals surface area contributed by atoms with E-state index in [1.54, 1.807) is 6.92 Å². The van der Waals surface area contributed by atoms with Crippen LogP contribution in [0.3, 0.4) is 0 Å². The summed E-state index contributed by atoms with van der Waals surface area (Å²) in [5.41, 5.74) is 0. The van der Waals surface area contributed by atoms with E-state index in [9.17, 15) is 17.2 Å². The lowest BCUT2D eigenvalue weighted by molar-refractivity contribution is 0.540. The highest BCUT2D eigenvalue weighted by Gasteiger charge is 2.02. The molecule has 0 aliphatic heterocycles. The second-order valence-electron chi connectivity index (χ2n) is 2.50. The van der Waals surface area contributed by atoms with E-state index in [1.165, 1.54) is 6.08 Å². The molecule has 0 aromatic heterocycles. The van der Waals surface area contributed by atoms with Crippen molar-refractivity contribution in [1.82, 2.24) is 0 Å². The summed E-state index contributed by atoms with van der Waals surface area (Å²) in [6.45, 7) is 6.75. The van der Waals surface area contributed by atoms with Crippen LogP contribution in [-0.4, -0.2) is 34.4 Å². The van der Waals surface area contributed by atoms with Crippen molar-refractivity contribution in [3.05, 3.63) is 12.7 Å². The SMILES string of the molecule is C=CCS(=O)[O-].CCCS(=O)(=O)CC. The van der Waals surface area contributed by atoms with Crippen LogP contribution in [-0.2, 0) is 20.9 Å². The largest absolute Gasteiger partial charge is 0.772 e. The number of hydrogen-bond acceptors (Lipinski definition) is 4. The molecule has 0 rings (SSSR count). The lowest BCUT2D eigenvalue weighted by atomic mass is 10.6. The van der Waals surface area contributed by atoms with Crippen LogP contribution in [0.2, 0.25) is 0 Å². The van der Waals surface area contributed by atoms with Gasteiger partial charge < -0.3 is 4.55 Å². The zero-order valence-electron chi connectivity index (χ0n) is 8.56. The average Bonchev–Trinajstić information content (AvgIpc) is 2.05. The Hall–Kier alpha value is -0.200. The molecule has 6 heteroatoms. The maximum absolute atomic E-state index is 10.6. The minimum Gasteiger partial charge on any atom is -0.772 e. The second-order valence-corrected chi connectivity index (χ2v) is 5.91.